The second kappa shape index (κ2) is 49.9. The van der Waals surface area contributed by atoms with E-state index in [0.717, 1.165) is 44.9 Å². The summed E-state index contributed by atoms with van der Waals surface area (Å²) in [5, 5.41) is 23.8. The molecule has 0 aromatic carbocycles. The number of nitrogens with one attached hydrogen (secondary N) is 1. The van der Waals surface area contributed by atoms with Crippen LogP contribution in [-0.2, 0) is 14.3 Å². The van der Waals surface area contributed by atoms with E-state index < -0.39 is 18.2 Å². The van der Waals surface area contributed by atoms with Crippen molar-refractivity contribution in [3.8, 4) is 0 Å². The van der Waals surface area contributed by atoms with Crippen molar-refractivity contribution in [2.45, 2.75) is 334 Å². The van der Waals surface area contributed by atoms with Crippen LogP contribution in [0.2, 0.25) is 0 Å². The maximum absolute atomic E-state index is 13.2. The molecular formula is C55H109NO5. The molecule has 0 radical (unpaired) electrons. The molecule has 0 spiro atoms. The summed E-state index contributed by atoms with van der Waals surface area (Å²) in [7, 11) is 0. The highest BCUT2D eigenvalue weighted by molar-refractivity contribution is 5.77. The van der Waals surface area contributed by atoms with Gasteiger partial charge in [0, 0.05) is 6.42 Å². The number of rotatable bonds is 51. The minimum absolute atomic E-state index is 0.0881. The van der Waals surface area contributed by atoms with Crippen molar-refractivity contribution in [1.29, 1.82) is 0 Å². The highest BCUT2D eigenvalue weighted by Crippen LogP contribution is 2.19. The summed E-state index contributed by atoms with van der Waals surface area (Å²) in [6, 6.07) is -0.692. The molecule has 0 bridgehead atoms. The van der Waals surface area contributed by atoms with Gasteiger partial charge in [0.15, 0.2) is 0 Å². The Morgan fingerprint density at radius 1 is 0.410 bits per heavy atom. The number of esters is 1. The number of carbonyl (C=O) groups is 2. The van der Waals surface area contributed by atoms with Crippen molar-refractivity contribution in [2.24, 2.45) is 0 Å². The van der Waals surface area contributed by atoms with E-state index in [0.29, 0.717) is 19.3 Å². The summed E-state index contributed by atoms with van der Waals surface area (Å²) >= 11 is 0. The Bertz CT molecular complexity index is 882. The molecule has 0 aliphatic carbocycles. The largest absolute Gasteiger partial charge is 0.462 e. The zero-order valence-electron chi connectivity index (χ0n) is 41.6. The molecule has 0 saturated carbocycles. The van der Waals surface area contributed by atoms with E-state index in [1.54, 1.807) is 0 Å². The standard InChI is InChI=1S/C55H109NO5/c1-4-7-10-13-16-19-22-24-26-27-29-30-32-34-37-40-43-46-51(61-55(60)48-45-42-39-36-21-18-15-12-9-6-3)49-54(59)56-52(50-57)53(58)47-44-41-38-35-33-31-28-25-23-20-17-14-11-8-5-2/h51-53,57-58H,4-50H2,1-3H3,(H,56,59). The molecule has 0 heterocycles. The van der Waals surface area contributed by atoms with Crippen molar-refractivity contribution >= 4 is 11.9 Å². The third-order valence-electron chi connectivity index (χ3n) is 13.2. The number of unbranched alkanes of at least 4 members (excludes halogenated alkanes) is 39. The summed E-state index contributed by atoms with van der Waals surface area (Å²) in [4.78, 5) is 26.1. The topological polar surface area (TPSA) is 95.9 Å². The predicted octanol–water partition coefficient (Wildman–Crippen LogP) is 16.7. The number of aliphatic hydroxyl groups excluding tert-OH is 2. The quantitative estimate of drug-likeness (QED) is 0.0418. The van der Waals surface area contributed by atoms with Crippen molar-refractivity contribution in [1.82, 2.24) is 5.32 Å². The van der Waals surface area contributed by atoms with Crippen LogP contribution in [0.25, 0.3) is 0 Å². The molecule has 6 heteroatoms. The number of amides is 1. The van der Waals surface area contributed by atoms with Crippen LogP contribution in [0.5, 0.6) is 0 Å². The molecule has 3 N–H and O–H groups in total. The van der Waals surface area contributed by atoms with E-state index in [1.165, 1.54) is 225 Å². The van der Waals surface area contributed by atoms with E-state index in [2.05, 4.69) is 26.1 Å². The Kier molecular flexibility index (Phi) is 48.9. The van der Waals surface area contributed by atoms with E-state index in [9.17, 15) is 19.8 Å². The summed E-state index contributed by atoms with van der Waals surface area (Å²) in [6.45, 7) is 6.52. The lowest BCUT2D eigenvalue weighted by Gasteiger charge is -2.24. The van der Waals surface area contributed by atoms with Crippen molar-refractivity contribution in [3.05, 3.63) is 0 Å². The summed E-state index contributed by atoms with van der Waals surface area (Å²) in [5.74, 6) is -0.449. The lowest BCUT2D eigenvalue weighted by molar-refractivity contribution is -0.151. The maximum atomic E-state index is 13.2. The fourth-order valence-corrected chi connectivity index (χ4v) is 8.96. The Labute approximate surface area is 381 Å². The zero-order chi connectivity index (χ0) is 44.5. The second-order valence-electron chi connectivity index (χ2n) is 19.4. The van der Waals surface area contributed by atoms with Gasteiger partial charge in [-0.25, -0.2) is 0 Å². The van der Waals surface area contributed by atoms with Crippen molar-refractivity contribution < 1.29 is 24.5 Å². The minimum atomic E-state index is -0.779. The zero-order valence-corrected chi connectivity index (χ0v) is 41.6. The van der Waals surface area contributed by atoms with Crippen molar-refractivity contribution in [2.75, 3.05) is 6.61 Å². The number of ether oxygens (including phenoxy) is 1. The van der Waals surface area contributed by atoms with Gasteiger partial charge in [-0.05, 0) is 25.7 Å². The summed E-state index contributed by atoms with van der Waals surface area (Å²) in [5.41, 5.74) is 0. The lowest BCUT2D eigenvalue weighted by Crippen LogP contribution is -2.46. The van der Waals surface area contributed by atoms with Crippen LogP contribution in [0.15, 0.2) is 0 Å². The molecule has 1 amide bonds. The molecule has 3 unspecified atom stereocenters. The van der Waals surface area contributed by atoms with Gasteiger partial charge in [0.1, 0.15) is 6.10 Å². The molecular weight excluding hydrogens is 755 g/mol. The molecule has 3 atom stereocenters. The maximum Gasteiger partial charge on any atom is 0.306 e. The van der Waals surface area contributed by atoms with Gasteiger partial charge in [0.05, 0.1) is 25.2 Å². The Hall–Kier alpha value is -1.14. The van der Waals surface area contributed by atoms with Crippen LogP contribution in [-0.4, -0.2) is 46.9 Å². The predicted molar refractivity (Wildman–Crippen MR) is 264 cm³/mol. The highest BCUT2D eigenvalue weighted by atomic mass is 16.5. The van der Waals surface area contributed by atoms with Gasteiger partial charge >= 0.3 is 5.97 Å². The average Bonchev–Trinajstić information content (AvgIpc) is 3.25. The van der Waals surface area contributed by atoms with Gasteiger partial charge in [0.2, 0.25) is 5.91 Å². The van der Waals surface area contributed by atoms with Gasteiger partial charge in [-0.2, -0.15) is 0 Å². The van der Waals surface area contributed by atoms with E-state index in [1.807, 2.05) is 0 Å². The van der Waals surface area contributed by atoms with Gasteiger partial charge in [0.25, 0.3) is 0 Å². The average molecular weight is 864 g/mol. The first-order chi connectivity index (χ1) is 30.0. The Balaban J connectivity index is 4.45. The first-order valence-corrected chi connectivity index (χ1v) is 27.8. The van der Waals surface area contributed by atoms with Gasteiger partial charge in [-0.1, -0.05) is 278 Å². The second-order valence-corrected chi connectivity index (χ2v) is 19.4. The third-order valence-corrected chi connectivity index (χ3v) is 13.2. The van der Waals surface area contributed by atoms with Crippen LogP contribution in [0, 0.1) is 0 Å². The summed E-state index contributed by atoms with van der Waals surface area (Å²) < 4.78 is 5.94. The van der Waals surface area contributed by atoms with Crippen LogP contribution in [0.3, 0.4) is 0 Å². The first-order valence-electron chi connectivity index (χ1n) is 27.8. The Morgan fingerprint density at radius 3 is 1.00 bits per heavy atom. The molecule has 364 valence electrons. The lowest BCUT2D eigenvalue weighted by atomic mass is 10.0. The van der Waals surface area contributed by atoms with E-state index in [-0.39, 0.29) is 24.9 Å². The van der Waals surface area contributed by atoms with Crippen LogP contribution in [0.1, 0.15) is 316 Å². The number of hydrogen-bond acceptors (Lipinski definition) is 5. The number of hydrogen-bond donors (Lipinski definition) is 3. The Morgan fingerprint density at radius 2 is 0.689 bits per heavy atom. The van der Waals surface area contributed by atoms with Gasteiger partial charge in [-0.3, -0.25) is 9.59 Å². The smallest absolute Gasteiger partial charge is 0.306 e. The monoisotopic (exact) mass is 864 g/mol. The summed E-state index contributed by atoms with van der Waals surface area (Å²) in [6.07, 6.45) is 54.5. The molecule has 0 aromatic rings. The van der Waals surface area contributed by atoms with Crippen LogP contribution < -0.4 is 5.32 Å². The normalized spacial score (nSPS) is 13.1. The third kappa shape index (κ3) is 45.2. The molecule has 0 aliphatic rings. The molecule has 6 nitrogen and oxygen atoms in total. The molecule has 0 rings (SSSR count). The molecule has 0 saturated heterocycles. The van der Waals surface area contributed by atoms with E-state index in [4.69, 9.17) is 4.74 Å². The molecule has 0 aromatic heterocycles. The minimum Gasteiger partial charge on any atom is -0.462 e. The van der Waals surface area contributed by atoms with Gasteiger partial charge in [-0.15, -0.1) is 0 Å². The van der Waals surface area contributed by atoms with Gasteiger partial charge < -0.3 is 20.3 Å². The highest BCUT2D eigenvalue weighted by Gasteiger charge is 2.24. The van der Waals surface area contributed by atoms with Crippen molar-refractivity contribution in [3.63, 3.8) is 0 Å². The molecule has 0 fully saturated rings. The molecule has 61 heavy (non-hydrogen) atoms. The number of aliphatic hydroxyl groups is 2. The SMILES string of the molecule is CCCCCCCCCCCCCCCCCCCC(CC(=O)NC(CO)C(O)CCCCCCCCCCCCCCCCC)OC(=O)CCCCCCCCCCCC. The van der Waals surface area contributed by atoms with Crippen LogP contribution >= 0.6 is 0 Å². The fourth-order valence-electron chi connectivity index (χ4n) is 8.96. The van der Waals surface area contributed by atoms with Crippen LogP contribution in [0.4, 0.5) is 0 Å². The van der Waals surface area contributed by atoms with E-state index >= 15 is 0 Å². The number of carbonyl (C=O) groups excluding carboxylic acids is 2. The molecule has 0 aliphatic heterocycles. The fraction of sp³-hybridized carbons (Fsp3) is 0.964. The first kappa shape index (κ1) is 59.9.